The number of carbonyl (C=O) groups excluding carboxylic acids is 1. The van der Waals surface area contributed by atoms with Crippen molar-refractivity contribution in [2.75, 3.05) is 36.4 Å². The zero-order valence-corrected chi connectivity index (χ0v) is 17.0. The van der Waals surface area contributed by atoms with Crippen LogP contribution >= 0.6 is 0 Å². The highest BCUT2D eigenvalue weighted by Gasteiger charge is 2.17. The monoisotopic (exact) mass is 388 g/mol. The fourth-order valence-electron chi connectivity index (χ4n) is 3.40. The Labute approximate surface area is 173 Å². The van der Waals surface area contributed by atoms with Crippen LogP contribution in [0, 0.1) is 11.3 Å². The summed E-state index contributed by atoms with van der Waals surface area (Å²) in [4.78, 5) is 16.9. The molecule has 150 valence electrons. The molecule has 29 heavy (non-hydrogen) atoms. The minimum absolute atomic E-state index is 0.133. The third-order valence-corrected chi connectivity index (χ3v) is 5.14. The molecule has 1 N–H and O–H groups in total. The molecule has 1 aliphatic rings. The van der Waals surface area contributed by atoms with E-state index in [2.05, 4.69) is 29.3 Å². The lowest BCUT2D eigenvalue weighted by Crippen LogP contribution is -2.44. The summed E-state index contributed by atoms with van der Waals surface area (Å²) in [6.45, 7) is 5.45. The maximum absolute atomic E-state index is 12.5. The van der Waals surface area contributed by atoms with Crippen LogP contribution < -0.4 is 10.2 Å². The average molecular weight is 389 g/mol. The number of para-hydroxylation sites is 1. The van der Waals surface area contributed by atoms with Gasteiger partial charge in [0, 0.05) is 43.8 Å². The number of nitrogens with one attached hydrogen (secondary N) is 1. The Bertz CT molecular complexity index is 860. The molecule has 0 spiro atoms. The molecule has 0 radical (unpaired) electrons. The van der Waals surface area contributed by atoms with Gasteiger partial charge in [0.2, 0.25) is 0 Å². The highest BCUT2D eigenvalue weighted by atomic mass is 16.1. The molecule has 0 aromatic heterocycles. The number of aryl methyl sites for hydroxylation is 1. The van der Waals surface area contributed by atoms with Crippen LogP contribution in [0.4, 0.5) is 11.4 Å². The van der Waals surface area contributed by atoms with Crippen LogP contribution in [0.5, 0.6) is 0 Å². The second-order valence-corrected chi connectivity index (χ2v) is 7.27. The van der Waals surface area contributed by atoms with E-state index in [-0.39, 0.29) is 11.5 Å². The van der Waals surface area contributed by atoms with Gasteiger partial charge in [0.1, 0.15) is 11.6 Å². The standard InChI is InChI=1S/C24H28N4O/c1-2-3-7-20-10-12-22(13-11-20)26-24(29)21(18-25)19-27-14-16-28(17-15-27)23-8-5-4-6-9-23/h4-6,8-13,19H,2-3,7,14-17H2,1H3,(H,26,29)/b21-19-. The number of piperazine rings is 1. The second kappa shape index (κ2) is 10.3. The number of rotatable bonds is 7. The first kappa shape index (κ1) is 20.5. The number of carbonyl (C=O) groups is 1. The van der Waals surface area contributed by atoms with Crippen molar-refractivity contribution in [3.63, 3.8) is 0 Å². The van der Waals surface area contributed by atoms with Gasteiger partial charge in [-0.1, -0.05) is 43.7 Å². The summed E-state index contributed by atoms with van der Waals surface area (Å²) in [6, 6.07) is 20.2. The van der Waals surface area contributed by atoms with Gasteiger partial charge in [-0.2, -0.15) is 5.26 Å². The zero-order valence-electron chi connectivity index (χ0n) is 17.0. The molecule has 5 nitrogen and oxygen atoms in total. The summed E-state index contributed by atoms with van der Waals surface area (Å²) in [5.74, 6) is -0.362. The van der Waals surface area contributed by atoms with Crippen LogP contribution in [-0.4, -0.2) is 37.0 Å². The number of amides is 1. The average Bonchev–Trinajstić information content (AvgIpc) is 2.78. The number of hydrogen-bond acceptors (Lipinski definition) is 4. The molecule has 0 bridgehead atoms. The van der Waals surface area contributed by atoms with Crippen LogP contribution in [-0.2, 0) is 11.2 Å². The summed E-state index contributed by atoms with van der Waals surface area (Å²) < 4.78 is 0. The lowest BCUT2D eigenvalue weighted by molar-refractivity contribution is -0.112. The summed E-state index contributed by atoms with van der Waals surface area (Å²) in [5, 5.41) is 12.3. The van der Waals surface area contributed by atoms with Crippen molar-refractivity contribution in [3.05, 3.63) is 71.9 Å². The molecule has 1 heterocycles. The Hall–Kier alpha value is -3.26. The van der Waals surface area contributed by atoms with Crippen molar-refractivity contribution in [3.8, 4) is 6.07 Å². The van der Waals surface area contributed by atoms with Crippen LogP contribution in [0.2, 0.25) is 0 Å². The van der Waals surface area contributed by atoms with Gasteiger partial charge >= 0.3 is 0 Å². The van der Waals surface area contributed by atoms with E-state index in [4.69, 9.17) is 0 Å². The molecule has 3 rings (SSSR count). The van der Waals surface area contributed by atoms with Gasteiger partial charge in [0.25, 0.3) is 5.91 Å². The lowest BCUT2D eigenvalue weighted by Gasteiger charge is -2.35. The Morgan fingerprint density at radius 3 is 2.38 bits per heavy atom. The number of nitrogens with zero attached hydrogens (tertiary/aromatic N) is 3. The van der Waals surface area contributed by atoms with Gasteiger partial charge in [0.15, 0.2) is 0 Å². The largest absolute Gasteiger partial charge is 0.373 e. The van der Waals surface area contributed by atoms with Crippen molar-refractivity contribution in [1.29, 1.82) is 5.26 Å². The summed E-state index contributed by atoms with van der Waals surface area (Å²) >= 11 is 0. The maximum atomic E-state index is 12.5. The van der Waals surface area contributed by atoms with Gasteiger partial charge in [0.05, 0.1) is 0 Å². The third kappa shape index (κ3) is 5.86. The fourth-order valence-corrected chi connectivity index (χ4v) is 3.40. The van der Waals surface area contributed by atoms with E-state index >= 15 is 0 Å². The van der Waals surface area contributed by atoms with Gasteiger partial charge in [-0.3, -0.25) is 4.79 Å². The molecule has 1 aliphatic heterocycles. The fraction of sp³-hybridized carbons (Fsp3) is 0.333. The Balaban J connectivity index is 1.55. The van der Waals surface area contributed by atoms with Gasteiger partial charge in [-0.25, -0.2) is 0 Å². The molecule has 0 saturated carbocycles. The predicted molar refractivity (Wildman–Crippen MR) is 118 cm³/mol. The molecule has 1 amide bonds. The first-order valence-electron chi connectivity index (χ1n) is 10.3. The summed E-state index contributed by atoms with van der Waals surface area (Å²) in [7, 11) is 0. The Kier molecular flexibility index (Phi) is 7.29. The minimum Gasteiger partial charge on any atom is -0.373 e. The number of unbranched alkanes of at least 4 members (excludes halogenated alkanes) is 1. The highest BCUT2D eigenvalue weighted by Crippen LogP contribution is 2.17. The smallest absolute Gasteiger partial charge is 0.267 e. The molecule has 2 aromatic rings. The molecule has 2 aromatic carbocycles. The van der Waals surface area contributed by atoms with Crippen molar-refractivity contribution in [1.82, 2.24) is 4.90 Å². The molecule has 0 unspecified atom stereocenters. The SMILES string of the molecule is CCCCc1ccc(NC(=O)/C(C#N)=C\N2CCN(c3ccccc3)CC2)cc1. The van der Waals surface area contributed by atoms with Crippen molar-refractivity contribution in [2.24, 2.45) is 0 Å². The van der Waals surface area contributed by atoms with Gasteiger partial charge in [-0.05, 0) is 42.7 Å². The number of hydrogen-bond donors (Lipinski definition) is 1. The number of benzene rings is 2. The normalized spacial score (nSPS) is 14.4. The molecule has 0 atom stereocenters. The van der Waals surface area contributed by atoms with Gasteiger partial charge < -0.3 is 15.1 Å². The topological polar surface area (TPSA) is 59.4 Å². The van der Waals surface area contributed by atoms with Gasteiger partial charge in [-0.15, -0.1) is 0 Å². The van der Waals surface area contributed by atoms with Crippen molar-refractivity contribution >= 4 is 17.3 Å². The number of anilines is 2. The molecular formula is C24H28N4O. The molecular weight excluding hydrogens is 360 g/mol. The quantitative estimate of drug-likeness (QED) is 0.570. The van der Waals surface area contributed by atoms with Crippen molar-refractivity contribution < 1.29 is 4.79 Å². The predicted octanol–water partition coefficient (Wildman–Crippen LogP) is 4.20. The Morgan fingerprint density at radius 1 is 1.07 bits per heavy atom. The van der Waals surface area contributed by atoms with Crippen LogP contribution in [0.25, 0.3) is 0 Å². The molecule has 1 saturated heterocycles. The minimum atomic E-state index is -0.362. The Morgan fingerprint density at radius 2 is 1.76 bits per heavy atom. The van der Waals surface area contributed by atoms with Crippen molar-refractivity contribution in [2.45, 2.75) is 26.2 Å². The summed E-state index contributed by atoms with van der Waals surface area (Å²) in [5.41, 5.74) is 3.31. The maximum Gasteiger partial charge on any atom is 0.267 e. The van der Waals surface area contributed by atoms with Crippen LogP contribution in [0.1, 0.15) is 25.3 Å². The van der Waals surface area contributed by atoms with Crippen LogP contribution in [0.15, 0.2) is 66.4 Å². The number of nitriles is 1. The van der Waals surface area contributed by atoms with E-state index in [9.17, 15) is 10.1 Å². The van der Waals surface area contributed by atoms with E-state index in [1.54, 1.807) is 6.20 Å². The first-order chi connectivity index (χ1) is 14.2. The molecule has 5 heteroatoms. The van der Waals surface area contributed by atoms with Crippen LogP contribution in [0.3, 0.4) is 0 Å². The second-order valence-electron chi connectivity index (χ2n) is 7.27. The van der Waals surface area contributed by atoms with E-state index < -0.39 is 0 Å². The lowest BCUT2D eigenvalue weighted by atomic mass is 10.1. The highest BCUT2D eigenvalue weighted by molar-refractivity contribution is 6.06. The first-order valence-corrected chi connectivity index (χ1v) is 10.3. The van der Waals surface area contributed by atoms with E-state index in [1.165, 1.54) is 11.3 Å². The van der Waals surface area contributed by atoms with E-state index in [1.807, 2.05) is 53.4 Å². The molecule has 0 aliphatic carbocycles. The van der Waals surface area contributed by atoms with E-state index in [0.29, 0.717) is 5.69 Å². The summed E-state index contributed by atoms with van der Waals surface area (Å²) in [6.07, 6.45) is 5.05. The molecule has 1 fully saturated rings. The zero-order chi connectivity index (χ0) is 20.5. The van der Waals surface area contributed by atoms with E-state index in [0.717, 1.165) is 45.4 Å². The third-order valence-electron chi connectivity index (χ3n) is 5.14.